The number of methoxy groups -OCH3 is 1. The van der Waals surface area contributed by atoms with Crippen molar-refractivity contribution in [3.63, 3.8) is 0 Å². The van der Waals surface area contributed by atoms with Crippen LogP contribution in [0.1, 0.15) is 19.5 Å². The van der Waals surface area contributed by atoms with E-state index in [2.05, 4.69) is 26.9 Å². The summed E-state index contributed by atoms with van der Waals surface area (Å²) in [4.78, 5) is 20.4. The van der Waals surface area contributed by atoms with Gasteiger partial charge in [0.2, 0.25) is 11.8 Å². The maximum absolute atomic E-state index is 11.6. The predicted octanol–water partition coefficient (Wildman–Crippen LogP) is 2.82. The number of nitrogens with two attached hydrogens (primary N) is 1. The van der Waals surface area contributed by atoms with Crippen LogP contribution in [-0.2, 0) is 4.79 Å². The summed E-state index contributed by atoms with van der Waals surface area (Å²) in [6, 6.07) is 9.74. The Kier molecular flexibility index (Phi) is 4.40. The van der Waals surface area contributed by atoms with E-state index >= 15 is 0 Å². The number of carbonyl (C=O) groups excluding carboxylic acids is 1. The van der Waals surface area contributed by atoms with Crippen molar-refractivity contribution in [3.8, 4) is 28.8 Å². The lowest BCUT2D eigenvalue weighted by Gasteiger charge is -2.11. The Morgan fingerprint density at radius 1 is 1.24 bits per heavy atom. The summed E-state index contributed by atoms with van der Waals surface area (Å²) in [6.07, 6.45) is 5.16. The number of nitrogens with zero attached hydrogens (tertiary/aromatic N) is 4. The lowest BCUT2D eigenvalue weighted by atomic mass is 9.93. The molecule has 7 nitrogen and oxygen atoms in total. The average Bonchev–Trinajstić information content (AvgIpc) is 3.16. The lowest BCUT2D eigenvalue weighted by Crippen LogP contribution is -2.29. The number of primary amides is 1. The normalized spacial score (nSPS) is 11.3. The molecule has 0 radical (unpaired) electrons. The highest BCUT2D eigenvalue weighted by atomic mass is 16.5. The molecular weight excluding hydrogens is 366 g/mol. The van der Waals surface area contributed by atoms with Crippen LogP contribution in [0.3, 0.4) is 0 Å². The number of ether oxygens (including phenoxy) is 1. The van der Waals surface area contributed by atoms with E-state index in [0.717, 1.165) is 27.5 Å². The zero-order valence-corrected chi connectivity index (χ0v) is 16.3. The van der Waals surface area contributed by atoms with Crippen LogP contribution < -0.4 is 10.5 Å². The first-order chi connectivity index (χ1) is 13.9. The highest BCUT2D eigenvalue weighted by Gasteiger charge is 2.22. The smallest absolute Gasteiger partial charge is 0.235 e. The quantitative estimate of drug-likeness (QED) is 0.547. The Morgan fingerprint density at radius 2 is 2.07 bits per heavy atom. The standard InChI is InChI=1S/C22H19N5O2/c1-22(2,21(23)28)9-8-18-20-16(13-25-27(20)11-10-24-18)14-4-6-17-15(12-14)5-7-19(26-17)29-3/h4-7,10-13H,1-3H3,(H2,23,28). The molecule has 4 rings (SSSR count). The molecule has 0 fully saturated rings. The molecule has 0 saturated heterocycles. The minimum atomic E-state index is -0.956. The van der Waals surface area contributed by atoms with E-state index in [1.807, 2.05) is 30.3 Å². The lowest BCUT2D eigenvalue weighted by molar-refractivity contribution is -0.123. The van der Waals surface area contributed by atoms with E-state index in [4.69, 9.17) is 10.5 Å². The number of pyridine rings is 1. The van der Waals surface area contributed by atoms with E-state index in [1.165, 1.54) is 0 Å². The highest BCUT2D eigenvalue weighted by Crippen LogP contribution is 2.29. The van der Waals surface area contributed by atoms with Crippen molar-refractivity contribution in [1.82, 2.24) is 19.6 Å². The SMILES string of the molecule is COc1ccc2cc(-c3cnn4ccnc(C#CC(C)(C)C(N)=O)c34)ccc2n1. The van der Waals surface area contributed by atoms with Gasteiger partial charge in [-0.3, -0.25) is 4.79 Å². The highest BCUT2D eigenvalue weighted by molar-refractivity contribution is 5.90. The first-order valence-electron chi connectivity index (χ1n) is 8.99. The van der Waals surface area contributed by atoms with Crippen molar-refractivity contribution < 1.29 is 9.53 Å². The van der Waals surface area contributed by atoms with Gasteiger partial charge >= 0.3 is 0 Å². The molecule has 0 aliphatic rings. The molecule has 2 N–H and O–H groups in total. The molecule has 0 unspecified atom stereocenters. The van der Waals surface area contributed by atoms with Crippen molar-refractivity contribution in [1.29, 1.82) is 0 Å². The van der Waals surface area contributed by atoms with E-state index in [9.17, 15) is 4.79 Å². The van der Waals surface area contributed by atoms with Gasteiger partial charge in [-0.1, -0.05) is 12.0 Å². The largest absolute Gasteiger partial charge is 0.481 e. The van der Waals surface area contributed by atoms with Crippen LogP contribution in [0.15, 0.2) is 48.9 Å². The van der Waals surface area contributed by atoms with Gasteiger partial charge in [0.15, 0.2) is 0 Å². The van der Waals surface area contributed by atoms with Crippen LogP contribution in [0.25, 0.3) is 27.5 Å². The maximum Gasteiger partial charge on any atom is 0.235 e. The summed E-state index contributed by atoms with van der Waals surface area (Å²) in [6.45, 7) is 3.37. The third kappa shape index (κ3) is 3.36. The topological polar surface area (TPSA) is 95.4 Å². The Labute approximate surface area is 167 Å². The summed E-state index contributed by atoms with van der Waals surface area (Å²) >= 11 is 0. The van der Waals surface area contributed by atoms with Gasteiger partial charge in [-0.2, -0.15) is 5.10 Å². The predicted molar refractivity (Wildman–Crippen MR) is 110 cm³/mol. The fourth-order valence-corrected chi connectivity index (χ4v) is 2.91. The first kappa shape index (κ1) is 18.4. The summed E-state index contributed by atoms with van der Waals surface area (Å²) in [5.74, 6) is 6.02. The van der Waals surface area contributed by atoms with Crippen molar-refractivity contribution in [2.75, 3.05) is 7.11 Å². The van der Waals surface area contributed by atoms with Gasteiger partial charge in [-0.25, -0.2) is 14.5 Å². The molecule has 144 valence electrons. The van der Waals surface area contributed by atoms with Crippen LogP contribution in [0.2, 0.25) is 0 Å². The van der Waals surface area contributed by atoms with Gasteiger partial charge in [-0.05, 0) is 43.5 Å². The summed E-state index contributed by atoms with van der Waals surface area (Å²) in [7, 11) is 1.59. The van der Waals surface area contributed by atoms with Gasteiger partial charge in [0.1, 0.15) is 16.6 Å². The number of amides is 1. The molecular formula is C22H19N5O2. The van der Waals surface area contributed by atoms with E-state index in [-0.39, 0.29) is 0 Å². The van der Waals surface area contributed by atoms with Crippen LogP contribution >= 0.6 is 0 Å². The molecule has 0 saturated carbocycles. The van der Waals surface area contributed by atoms with Gasteiger partial charge in [0, 0.05) is 29.4 Å². The maximum atomic E-state index is 11.6. The molecule has 1 amide bonds. The minimum absolute atomic E-state index is 0.483. The Morgan fingerprint density at radius 3 is 2.83 bits per heavy atom. The minimum Gasteiger partial charge on any atom is -0.481 e. The Hall–Kier alpha value is -3.92. The van der Waals surface area contributed by atoms with Crippen molar-refractivity contribution in [3.05, 3.63) is 54.6 Å². The number of hydrogen-bond acceptors (Lipinski definition) is 5. The second kappa shape index (κ2) is 6.91. The molecule has 4 aromatic rings. The number of hydrogen-bond donors (Lipinski definition) is 1. The van der Waals surface area contributed by atoms with Crippen LogP contribution in [-0.4, -0.2) is 32.6 Å². The zero-order chi connectivity index (χ0) is 20.6. The molecule has 0 bridgehead atoms. The third-order valence-electron chi connectivity index (χ3n) is 4.72. The van der Waals surface area contributed by atoms with Gasteiger partial charge in [-0.15, -0.1) is 0 Å². The first-order valence-corrected chi connectivity index (χ1v) is 8.99. The van der Waals surface area contributed by atoms with E-state index < -0.39 is 11.3 Å². The van der Waals surface area contributed by atoms with Gasteiger partial charge < -0.3 is 10.5 Å². The fourth-order valence-electron chi connectivity index (χ4n) is 2.91. The van der Waals surface area contributed by atoms with Gasteiger partial charge in [0.25, 0.3) is 0 Å². The molecule has 0 atom stereocenters. The second-order valence-corrected chi connectivity index (χ2v) is 7.13. The van der Waals surface area contributed by atoms with Crippen LogP contribution in [0.4, 0.5) is 0 Å². The van der Waals surface area contributed by atoms with Gasteiger partial charge in [0.05, 0.1) is 18.8 Å². The molecule has 3 aromatic heterocycles. The number of aromatic nitrogens is 4. The molecule has 3 heterocycles. The average molecular weight is 385 g/mol. The molecule has 0 aliphatic heterocycles. The molecule has 29 heavy (non-hydrogen) atoms. The van der Waals surface area contributed by atoms with Crippen molar-refractivity contribution in [2.24, 2.45) is 11.1 Å². The van der Waals surface area contributed by atoms with Crippen LogP contribution in [0, 0.1) is 17.3 Å². The van der Waals surface area contributed by atoms with Crippen molar-refractivity contribution >= 4 is 22.3 Å². The number of fused-ring (bicyclic) bond motifs is 2. The fraction of sp³-hybridized carbons (Fsp3) is 0.182. The van der Waals surface area contributed by atoms with Crippen molar-refractivity contribution in [2.45, 2.75) is 13.8 Å². The van der Waals surface area contributed by atoms with E-state index in [1.54, 1.807) is 44.1 Å². The number of rotatable bonds is 3. The number of benzene rings is 1. The summed E-state index contributed by atoms with van der Waals surface area (Å²) in [5, 5.41) is 5.40. The monoisotopic (exact) mass is 385 g/mol. The summed E-state index contributed by atoms with van der Waals surface area (Å²) in [5.41, 5.74) is 8.45. The molecule has 7 heteroatoms. The molecule has 1 aromatic carbocycles. The Bertz CT molecular complexity index is 1310. The third-order valence-corrected chi connectivity index (χ3v) is 4.72. The van der Waals surface area contributed by atoms with Crippen LogP contribution in [0.5, 0.6) is 5.88 Å². The van der Waals surface area contributed by atoms with E-state index in [0.29, 0.717) is 11.6 Å². The summed E-state index contributed by atoms with van der Waals surface area (Å²) < 4.78 is 6.91. The zero-order valence-electron chi connectivity index (χ0n) is 16.3. The Balaban J connectivity index is 1.86. The molecule has 0 aliphatic carbocycles. The molecule has 0 spiro atoms. The second-order valence-electron chi connectivity index (χ2n) is 7.13. The number of carbonyl (C=O) groups is 1.